The fourth-order valence-electron chi connectivity index (χ4n) is 5.82. The number of carbonyl (C=O) groups excluding carboxylic acids is 1. The molecule has 1 aromatic carbocycles. The third-order valence-corrected chi connectivity index (χ3v) is 7.09. The molecule has 6 heteroatoms. The first-order valence-electron chi connectivity index (χ1n) is 10.8. The molecule has 0 aliphatic carbocycles. The SMILES string of the molecule is COC(=O)N1CCc2c(nc(C)n2C2C[C@H]3CC[C@@H](C2)N3Cc2ccccc2)C1. The number of piperidine rings is 1. The predicted molar refractivity (Wildman–Crippen MR) is 111 cm³/mol. The van der Waals surface area contributed by atoms with Crippen LogP contribution in [0.5, 0.6) is 0 Å². The Morgan fingerprint density at radius 3 is 2.55 bits per heavy atom. The summed E-state index contributed by atoms with van der Waals surface area (Å²) < 4.78 is 7.41. The summed E-state index contributed by atoms with van der Waals surface area (Å²) in [7, 11) is 1.45. The molecule has 1 aromatic heterocycles. The number of rotatable bonds is 3. The predicted octanol–water partition coefficient (Wildman–Crippen LogP) is 3.68. The van der Waals surface area contributed by atoms with Crippen LogP contribution in [0.1, 0.15) is 54.5 Å². The fraction of sp³-hybridized carbons (Fsp3) is 0.565. The molecule has 2 bridgehead atoms. The van der Waals surface area contributed by atoms with Gasteiger partial charge in [0.25, 0.3) is 0 Å². The van der Waals surface area contributed by atoms with E-state index in [9.17, 15) is 4.79 Å². The molecule has 154 valence electrons. The smallest absolute Gasteiger partial charge is 0.409 e. The van der Waals surface area contributed by atoms with Gasteiger partial charge in [0.15, 0.2) is 0 Å². The molecule has 0 N–H and O–H groups in total. The lowest BCUT2D eigenvalue weighted by molar-refractivity contribution is 0.0964. The average molecular weight is 395 g/mol. The van der Waals surface area contributed by atoms with Gasteiger partial charge in [-0.2, -0.15) is 0 Å². The second-order valence-corrected chi connectivity index (χ2v) is 8.73. The molecule has 5 rings (SSSR count). The average Bonchev–Trinajstić information content (AvgIpc) is 3.18. The van der Waals surface area contributed by atoms with Crippen LogP contribution in [-0.4, -0.2) is 51.2 Å². The first-order valence-corrected chi connectivity index (χ1v) is 10.8. The zero-order valence-electron chi connectivity index (χ0n) is 17.4. The third kappa shape index (κ3) is 3.33. The van der Waals surface area contributed by atoms with Gasteiger partial charge in [0.2, 0.25) is 0 Å². The van der Waals surface area contributed by atoms with Gasteiger partial charge in [-0.3, -0.25) is 4.90 Å². The van der Waals surface area contributed by atoms with Gasteiger partial charge in [-0.15, -0.1) is 0 Å². The van der Waals surface area contributed by atoms with Crippen LogP contribution in [0.25, 0.3) is 0 Å². The third-order valence-electron chi connectivity index (χ3n) is 7.09. The Kier molecular flexibility index (Phi) is 4.82. The van der Waals surface area contributed by atoms with Gasteiger partial charge in [0, 0.05) is 43.3 Å². The standard InChI is InChI=1S/C23H30N4O2/c1-16-24-21-15-25(23(28)29-2)11-10-22(21)27(16)20-12-18-8-9-19(13-20)26(18)14-17-6-4-3-5-7-17/h3-7,18-20H,8-15H2,1-2H3/t18-,19+,20?. The summed E-state index contributed by atoms with van der Waals surface area (Å²) in [6, 6.07) is 12.7. The van der Waals surface area contributed by atoms with Gasteiger partial charge in [-0.05, 0) is 38.2 Å². The summed E-state index contributed by atoms with van der Waals surface area (Å²) in [4.78, 5) is 21.3. The highest BCUT2D eigenvalue weighted by Gasteiger charge is 2.42. The van der Waals surface area contributed by atoms with E-state index in [0.29, 0.717) is 31.2 Å². The van der Waals surface area contributed by atoms with E-state index in [1.165, 1.54) is 44.1 Å². The summed E-state index contributed by atoms with van der Waals surface area (Å²) in [6.07, 6.45) is 5.63. The van der Waals surface area contributed by atoms with E-state index in [1.807, 2.05) is 0 Å². The zero-order valence-corrected chi connectivity index (χ0v) is 17.4. The number of aromatic nitrogens is 2. The molecule has 1 unspecified atom stereocenters. The minimum Gasteiger partial charge on any atom is -0.453 e. The first kappa shape index (κ1) is 18.7. The molecular formula is C23H30N4O2. The largest absolute Gasteiger partial charge is 0.453 e. The van der Waals surface area contributed by atoms with Gasteiger partial charge in [0.1, 0.15) is 5.82 Å². The van der Waals surface area contributed by atoms with Crippen LogP contribution in [-0.2, 0) is 24.2 Å². The lowest BCUT2D eigenvalue weighted by Crippen LogP contribution is -2.43. The Morgan fingerprint density at radius 2 is 1.86 bits per heavy atom. The van der Waals surface area contributed by atoms with E-state index in [0.717, 1.165) is 24.5 Å². The van der Waals surface area contributed by atoms with Crippen LogP contribution >= 0.6 is 0 Å². The molecule has 29 heavy (non-hydrogen) atoms. The number of aryl methyl sites for hydroxylation is 1. The van der Waals surface area contributed by atoms with Gasteiger partial charge in [-0.1, -0.05) is 30.3 Å². The van der Waals surface area contributed by atoms with Crippen molar-refractivity contribution >= 4 is 6.09 Å². The normalized spacial score (nSPS) is 26.4. The van der Waals surface area contributed by atoms with Crippen molar-refractivity contribution in [3.05, 3.63) is 53.1 Å². The summed E-state index contributed by atoms with van der Waals surface area (Å²) in [5.41, 5.74) is 3.81. The number of benzene rings is 1. The Bertz CT molecular complexity index is 880. The van der Waals surface area contributed by atoms with E-state index < -0.39 is 0 Å². The second kappa shape index (κ2) is 7.48. The van der Waals surface area contributed by atoms with Crippen LogP contribution < -0.4 is 0 Å². The lowest BCUT2D eigenvalue weighted by Gasteiger charge is -2.40. The van der Waals surface area contributed by atoms with E-state index in [1.54, 1.807) is 4.90 Å². The molecule has 0 spiro atoms. The Morgan fingerprint density at radius 1 is 1.14 bits per heavy atom. The van der Waals surface area contributed by atoms with Crippen molar-refractivity contribution < 1.29 is 9.53 Å². The number of fused-ring (bicyclic) bond motifs is 3. The highest BCUT2D eigenvalue weighted by atomic mass is 16.5. The molecule has 3 aliphatic rings. The number of hydrogen-bond acceptors (Lipinski definition) is 4. The van der Waals surface area contributed by atoms with Crippen molar-refractivity contribution in [2.24, 2.45) is 0 Å². The van der Waals surface area contributed by atoms with Crippen LogP contribution in [0.4, 0.5) is 4.79 Å². The number of methoxy groups -OCH3 is 1. The second-order valence-electron chi connectivity index (χ2n) is 8.73. The highest BCUT2D eigenvalue weighted by molar-refractivity contribution is 5.67. The molecule has 1 amide bonds. The minimum atomic E-state index is -0.255. The van der Waals surface area contributed by atoms with Gasteiger partial charge < -0.3 is 14.2 Å². The number of carbonyl (C=O) groups is 1. The first-order chi connectivity index (χ1) is 14.1. The molecule has 2 aromatic rings. The molecule has 3 aliphatic heterocycles. The van der Waals surface area contributed by atoms with Gasteiger partial charge in [-0.25, -0.2) is 9.78 Å². The minimum absolute atomic E-state index is 0.255. The maximum Gasteiger partial charge on any atom is 0.409 e. The number of imidazole rings is 1. The molecule has 2 fully saturated rings. The summed E-state index contributed by atoms with van der Waals surface area (Å²) in [5, 5.41) is 0. The van der Waals surface area contributed by atoms with Crippen LogP contribution in [0.3, 0.4) is 0 Å². The van der Waals surface area contributed by atoms with Gasteiger partial charge in [0.05, 0.1) is 19.3 Å². The maximum absolute atomic E-state index is 11.9. The number of amides is 1. The molecular weight excluding hydrogens is 364 g/mol. The number of hydrogen-bond donors (Lipinski definition) is 0. The number of ether oxygens (including phenoxy) is 1. The van der Waals surface area contributed by atoms with E-state index in [-0.39, 0.29) is 6.09 Å². The Balaban J connectivity index is 1.34. The summed E-state index contributed by atoms with van der Waals surface area (Å²) in [6.45, 7) is 4.47. The molecule has 0 radical (unpaired) electrons. The number of nitrogens with zero attached hydrogens (tertiary/aromatic N) is 4. The van der Waals surface area contributed by atoms with Crippen molar-refractivity contribution in [1.29, 1.82) is 0 Å². The zero-order chi connectivity index (χ0) is 20.0. The molecule has 3 atom stereocenters. The topological polar surface area (TPSA) is 50.6 Å². The maximum atomic E-state index is 11.9. The monoisotopic (exact) mass is 394 g/mol. The fourth-order valence-corrected chi connectivity index (χ4v) is 5.82. The quantitative estimate of drug-likeness (QED) is 0.797. The molecule has 4 heterocycles. The summed E-state index contributed by atoms with van der Waals surface area (Å²) in [5.74, 6) is 1.10. The Labute approximate surface area is 172 Å². The van der Waals surface area contributed by atoms with Crippen LogP contribution in [0.2, 0.25) is 0 Å². The van der Waals surface area contributed by atoms with E-state index in [2.05, 4.69) is 46.7 Å². The summed E-state index contributed by atoms with van der Waals surface area (Å²) >= 11 is 0. The van der Waals surface area contributed by atoms with Crippen LogP contribution in [0, 0.1) is 6.92 Å². The van der Waals surface area contributed by atoms with Crippen molar-refractivity contribution in [3.8, 4) is 0 Å². The van der Waals surface area contributed by atoms with E-state index in [4.69, 9.17) is 9.72 Å². The van der Waals surface area contributed by atoms with Crippen molar-refractivity contribution in [2.75, 3.05) is 13.7 Å². The van der Waals surface area contributed by atoms with Crippen molar-refractivity contribution in [1.82, 2.24) is 19.4 Å². The molecule has 0 saturated carbocycles. The van der Waals surface area contributed by atoms with Gasteiger partial charge >= 0.3 is 6.09 Å². The van der Waals surface area contributed by atoms with Crippen LogP contribution in [0.15, 0.2) is 30.3 Å². The highest BCUT2D eigenvalue weighted by Crippen LogP contribution is 2.43. The van der Waals surface area contributed by atoms with E-state index >= 15 is 0 Å². The Hall–Kier alpha value is -2.34. The van der Waals surface area contributed by atoms with Crippen molar-refractivity contribution in [3.63, 3.8) is 0 Å². The van der Waals surface area contributed by atoms with Crippen molar-refractivity contribution in [2.45, 2.75) is 70.2 Å². The molecule has 2 saturated heterocycles. The molecule has 6 nitrogen and oxygen atoms in total. The lowest BCUT2D eigenvalue weighted by atomic mass is 9.95.